The topological polar surface area (TPSA) is 74.7 Å². The van der Waals surface area contributed by atoms with Crippen molar-refractivity contribution in [2.24, 2.45) is 0 Å². The summed E-state index contributed by atoms with van der Waals surface area (Å²) in [4.78, 5) is 18.4. The van der Waals surface area contributed by atoms with Gasteiger partial charge in [-0.1, -0.05) is 12.1 Å². The van der Waals surface area contributed by atoms with Crippen LogP contribution in [-0.4, -0.2) is 43.3 Å². The van der Waals surface area contributed by atoms with E-state index in [0.717, 1.165) is 16.3 Å². The number of carbonyl (C=O) groups is 1. The van der Waals surface area contributed by atoms with Crippen LogP contribution >= 0.6 is 11.3 Å². The Labute approximate surface area is 139 Å². The first-order valence-corrected chi connectivity index (χ1v) is 8.15. The first-order valence-electron chi connectivity index (χ1n) is 7.27. The highest BCUT2D eigenvalue weighted by Gasteiger charge is 2.10. The third-order valence-corrected chi connectivity index (χ3v) is 3.95. The number of rotatable bonds is 8. The summed E-state index contributed by atoms with van der Waals surface area (Å²) in [7, 11) is 3.96. The number of benzene rings is 1. The van der Waals surface area contributed by atoms with E-state index in [1.807, 2.05) is 43.3 Å². The van der Waals surface area contributed by atoms with Crippen LogP contribution in [0.1, 0.15) is 21.1 Å². The van der Waals surface area contributed by atoms with Gasteiger partial charge in [0.25, 0.3) is 5.91 Å². The van der Waals surface area contributed by atoms with Crippen molar-refractivity contribution in [2.75, 3.05) is 32.2 Å². The van der Waals surface area contributed by atoms with Gasteiger partial charge in [0.15, 0.2) is 0 Å². The fourth-order valence-electron chi connectivity index (χ4n) is 1.92. The smallest absolute Gasteiger partial charge is 0.271 e. The van der Waals surface area contributed by atoms with Gasteiger partial charge in [0.1, 0.15) is 10.7 Å². The Balaban J connectivity index is 1.88. The van der Waals surface area contributed by atoms with Gasteiger partial charge in [-0.15, -0.1) is 11.3 Å². The summed E-state index contributed by atoms with van der Waals surface area (Å²) in [6.07, 6.45) is 0. The summed E-state index contributed by atoms with van der Waals surface area (Å²) in [6.45, 7) is 1.01. The Kier molecular flexibility index (Phi) is 6.52. The van der Waals surface area contributed by atoms with Crippen LogP contribution in [0, 0.1) is 0 Å². The number of carbonyl (C=O) groups excluding carboxylic acids is 1. The van der Waals surface area contributed by atoms with Crippen molar-refractivity contribution in [3.05, 3.63) is 45.9 Å². The maximum absolute atomic E-state index is 12.1. The highest BCUT2D eigenvalue weighted by Crippen LogP contribution is 2.14. The minimum Gasteiger partial charge on any atom is -0.394 e. The van der Waals surface area contributed by atoms with Crippen molar-refractivity contribution < 1.29 is 14.6 Å². The van der Waals surface area contributed by atoms with E-state index in [9.17, 15) is 4.79 Å². The molecule has 124 valence electrons. The lowest BCUT2D eigenvalue weighted by atomic mass is 10.2. The minimum atomic E-state index is -0.204. The van der Waals surface area contributed by atoms with Gasteiger partial charge in [-0.05, 0) is 17.7 Å². The number of nitrogens with zero attached hydrogens (tertiary/aromatic N) is 2. The number of nitrogens with one attached hydrogen (secondary N) is 1. The van der Waals surface area contributed by atoms with E-state index in [1.54, 1.807) is 5.38 Å². The number of amides is 1. The molecule has 0 spiro atoms. The largest absolute Gasteiger partial charge is 0.394 e. The van der Waals surface area contributed by atoms with Crippen molar-refractivity contribution in [1.82, 2.24) is 10.3 Å². The Morgan fingerprint density at radius 2 is 2.26 bits per heavy atom. The van der Waals surface area contributed by atoms with E-state index in [0.29, 0.717) is 18.8 Å². The summed E-state index contributed by atoms with van der Waals surface area (Å²) >= 11 is 1.37. The van der Waals surface area contributed by atoms with Crippen molar-refractivity contribution in [2.45, 2.75) is 13.2 Å². The number of aromatic nitrogens is 1. The molecular formula is C16H21N3O3S. The zero-order valence-corrected chi connectivity index (χ0v) is 14.1. The van der Waals surface area contributed by atoms with Gasteiger partial charge in [0, 0.05) is 31.7 Å². The first-order chi connectivity index (χ1) is 11.1. The van der Waals surface area contributed by atoms with Crippen LogP contribution in [0.15, 0.2) is 29.6 Å². The number of aliphatic hydroxyl groups is 1. The quantitative estimate of drug-likeness (QED) is 0.718. The van der Waals surface area contributed by atoms with Gasteiger partial charge in [0.05, 0.1) is 19.8 Å². The van der Waals surface area contributed by atoms with Crippen molar-refractivity contribution in [3.8, 4) is 0 Å². The molecule has 6 nitrogen and oxygen atoms in total. The SMILES string of the molecule is CN(C)c1cccc(CNC(=O)c2csc(COCCO)n2)c1. The molecule has 1 aromatic carbocycles. The molecule has 0 aliphatic rings. The number of aliphatic hydroxyl groups excluding tert-OH is 1. The van der Waals surface area contributed by atoms with E-state index >= 15 is 0 Å². The lowest BCUT2D eigenvalue weighted by Gasteiger charge is -2.13. The van der Waals surface area contributed by atoms with Crippen LogP contribution in [0.2, 0.25) is 0 Å². The fourth-order valence-corrected chi connectivity index (χ4v) is 2.63. The van der Waals surface area contributed by atoms with E-state index in [2.05, 4.69) is 10.3 Å². The maximum atomic E-state index is 12.1. The molecule has 0 saturated carbocycles. The van der Waals surface area contributed by atoms with E-state index < -0.39 is 0 Å². The fraction of sp³-hybridized carbons (Fsp3) is 0.375. The number of ether oxygens (including phenoxy) is 1. The Bertz CT molecular complexity index is 643. The summed E-state index contributed by atoms with van der Waals surface area (Å²) in [6, 6.07) is 8.00. The second-order valence-corrected chi connectivity index (χ2v) is 6.09. The first kappa shape index (κ1) is 17.4. The molecule has 2 rings (SSSR count). The molecule has 23 heavy (non-hydrogen) atoms. The van der Waals surface area contributed by atoms with E-state index in [-0.39, 0.29) is 19.1 Å². The number of hydrogen-bond donors (Lipinski definition) is 2. The minimum absolute atomic E-state index is 0.0231. The van der Waals surface area contributed by atoms with Gasteiger partial charge in [0.2, 0.25) is 0 Å². The van der Waals surface area contributed by atoms with Crippen LogP contribution in [0.5, 0.6) is 0 Å². The third kappa shape index (κ3) is 5.31. The number of anilines is 1. The molecule has 0 radical (unpaired) electrons. The number of thiazole rings is 1. The maximum Gasteiger partial charge on any atom is 0.271 e. The summed E-state index contributed by atoms with van der Waals surface area (Å²) in [5.41, 5.74) is 2.52. The van der Waals surface area contributed by atoms with Gasteiger partial charge in [-0.2, -0.15) is 0 Å². The molecule has 2 aromatic rings. The molecule has 0 saturated heterocycles. The predicted molar refractivity (Wildman–Crippen MR) is 90.8 cm³/mol. The number of hydrogen-bond acceptors (Lipinski definition) is 6. The molecule has 0 aliphatic heterocycles. The second-order valence-electron chi connectivity index (χ2n) is 5.15. The monoisotopic (exact) mass is 335 g/mol. The zero-order chi connectivity index (χ0) is 16.7. The highest BCUT2D eigenvalue weighted by molar-refractivity contribution is 7.09. The van der Waals surface area contributed by atoms with Crippen LogP contribution in [0.4, 0.5) is 5.69 Å². The van der Waals surface area contributed by atoms with E-state index in [1.165, 1.54) is 11.3 Å². The van der Waals surface area contributed by atoms with Crippen molar-refractivity contribution in [1.29, 1.82) is 0 Å². The average Bonchev–Trinajstić information content (AvgIpc) is 3.02. The highest BCUT2D eigenvalue weighted by atomic mass is 32.1. The molecule has 1 amide bonds. The van der Waals surface area contributed by atoms with Gasteiger partial charge in [-0.25, -0.2) is 4.98 Å². The Hall–Kier alpha value is -1.96. The molecule has 0 bridgehead atoms. The lowest BCUT2D eigenvalue weighted by molar-refractivity contribution is 0.0811. The van der Waals surface area contributed by atoms with Gasteiger partial charge in [-0.3, -0.25) is 4.79 Å². The van der Waals surface area contributed by atoms with Crippen LogP contribution in [-0.2, 0) is 17.9 Å². The molecular weight excluding hydrogens is 314 g/mol. The van der Waals surface area contributed by atoms with Crippen molar-refractivity contribution in [3.63, 3.8) is 0 Å². The molecule has 7 heteroatoms. The van der Waals surface area contributed by atoms with Crippen LogP contribution in [0.25, 0.3) is 0 Å². The summed E-state index contributed by atoms with van der Waals surface area (Å²) in [5, 5.41) is 14.0. The van der Waals surface area contributed by atoms with Gasteiger partial charge < -0.3 is 20.1 Å². The Morgan fingerprint density at radius 1 is 1.43 bits per heavy atom. The normalized spacial score (nSPS) is 10.6. The Morgan fingerprint density at radius 3 is 3.00 bits per heavy atom. The average molecular weight is 335 g/mol. The summed E-state index contributed by atoms with van der Waals surface area (Å²) < 4.78 is 5.19. The molecule has 1 aromatic heterocycles. The summed E-state index contributed by atoms with van der Waals surface area (Å²) in [5.74, 6) is -0.204. The predicted octanol–water partition coefficient (Wildman–Crippen LogP) is 1.65. The second kappa shape index (κ2) is 8.61. The van der Waals surface area contributed by atoms with Crippen LogP contribution < -0.4 is 10.2 Å². The lowest BCUT2D eigenvalue weighted by Crippen LogP contribution is -2.23. The van der Waals surface area contributed by atoms with E-state index in [4.69, 9.17) is 9.84 Å². The molecule has 2 N–H and O–H groups in total. The third-order valence-electron chi connectivity index (χ3n) is 3.13. The zero-order valence-electron chi connectivity index (χ0n) is 13.3. The molecule has 1 heterocycles. The molecule has 0 atom stereocenters. The standard InChI is InChI=1S/C16H21N3O3S/c1-19(2)13-5-3-4-12(8-13)9-17-16(21)14-11-23-15(18-14)10-22-7-6-20/h3-5,8,11,20H,6-7,9-10H2,1-2H3,(H,17,21). The van der Waals surface area contributed by atoms with Gasteiger partial charge >= 0.3 is 0 Å². The molecule has 0 fully saturated rings. The van der Waals surface area contributed by atoms with Crippen LogP contribution in [0.3, 0.4) is 0 Å². The molecule has 0 aliphatic carbocycles. The van der Waals surface area contributed by atoms with Crippen molar-refractivity contribution >= 4 is 22.9 Å². The molecule has 0 unspecified atom stereocenters.